The van der Waals surface area contributed by atoms with E-state index in [1.54, 1.807) is 6.92 Å². The predicted octanol–water partition coefficient (Wildman–Crippen LogP) is 2.18. The number of ketones is 2. The Morgan fingerprint density at radius 1 is 1.15 bits per heavy atom. The average molecular weight is 274 g/mol. The van der Waals surface area contributed by atoms with E-state index in [-0.39, 0.29) is 34.5 Å². The fraction of sp³-hybridized carbons (Fsp3) is 0.333. The molecule has 2 aliphatic rings. The molecule has 1 atom stereocenters. The molecule has 1 unspecified atom stereocenters. The number of phenolic OH excluding ortho intramolecular Hbond substituents is 2. The molecule has 2 N–H and O–H groups in total. The van der Waals surface area contributed by atoms with Crippen LogP contribution in [0, 0.1) is 5.41 Å². The molecule has 3 rings (SSSR count). The van der Waals surface area contributed by atoms with Gasteiger partial charge < -0.3 is 14.9 Å². The maximum Gasteiger partial charge on any atom is 0.232 e. The van der Waals surface area contributed by atoms with Crippen molar-refractivity contribution in [1.82, 2.24) is 0 Å². The summed E-state index contributed by atoms with van der Waals surface area (Å²) in [6, 6.07) is 2.25. The van der Waals surface area contributed by atoms with Crippen molar-refractivity contribution in [2.45, 2.75) is 26.9 Å². The molecule has 5 heteroatoms. The maximum atomic E-state index is 12.6. The van der Waals surface area contributed by atoms with Gasteiger partial charge in [0, 0.05) is 17.0 Å². The van der Waals surface area contributed by atoms with Crippen molar-refractivity contribution in [1.29, 1.82) is 0 Å². The van der Waals surface area contributed by atoms with Crippen molar-refractivity contribution in [2.24, 2.45) is 5.41 Å². The van der Waals surface area contributed by atoms with Gasteiger partial charge in [0.1, 0.15) is 17.6 Å². The molecule has 1 aliphatic carbocycles. The van der Waals surface area contributed by atoms with E-state index in [0.29, 0.717) is 5.57 Å². The minimum absolute atomic E-state index is 0.0148. The number of hydrogen-bond donors (Lipinski definition) is 2. The number of allylic oxidation sites excluding steroid dienone is 1. The number of aromatic hydroxyl groups is 2. The number of carbonyl (C=O) groups excluding carboxylic acids is 2. The zero-order valence-corrected chi connectivity index (χ0v) is 11.4. The SMILES string of the molecule is CC1OC2=C(C(=O)c3cc(O)cc(O)c3C2=O)C1(C)C. The van der Waals surface area contributed by atoms with Crippen molar-refractivity contribution >= 4 is 11.6 Å². The summed E-state index contributed by atoms with van der Waals surface area (Å²) in [4.78, 5) is 25.0. The average Bonchev–Trinajstić information content (AvgIpc) is 2.57. The molecule has 0 amide bonds. The summed E-state index contributed by atoms with van der Waals surface area (Å²) in [7, 11) is 0. The molecular formula is C15H14O5. The molecular weight excluding hydrogens is 260 g/mol. The largest absolute Gasteiger partial charge is 0.508 e. The molecule has 0 radical (unpaired) electrons. The zero-order valence-electron chi connectivity index (χ0n) is 11.4. The van der Waals surface area contributed by atoms with Crippen LogP contribution < -0.4 is 0 Å². The van der Waals surface area contributed by atoms with Gasteiger partial charge in [-0.2, -0.15) is 0 Å². The first-order valence-electron chi connectivity index (χ1n) is 6.32. The number of ether oxygens (including phenoxy) is 1. The third-order valence-electron chi connectivity index (χ3n) is 4.19. The zero-order chi connectivity index (χ0) is 14.8. The molecule has 104 valence electrons. The summed E-state index contributed by atoms with van der Waals surface area (Å²) in [5.74, 6) is -1.54. The Labute approximate surface area is 115 Å². The van der Waals surface area contributed by atoms with Crippen LogP contribution in [-0.4, -0.2) is 27.9 Å². The highest BCUT2D eigenvalue weighted by Crippen LogP contribution is 2.48. The number of Topliss-reactive ketones (excluding diaryl/α,β-unsaturated/α-hetero) is 2. The van der Waals surface area contributed by atoms with Crippen LogP contribution in [0.1, 0.15) is 41.5 Å². The monoisotopic (exact) mass is 274 g/mol. The first-order valence-corrected chi connectivity index (χ1v) is 6.32. The van der Waals surface area contributed by atoms with E-state index in [4.69, 9.17) is 4.74 Å². The van der Waals surface area contributed by atoms with Gasteiger partial charge in [-0.15, -0.1) is 0 Å². The second kappa shape index (κ2) is 3.62. The first kappa shape index (κ1) is 12.7. The minimum atomic E-state index is -0.596. The Kier molecular flexibility index (Phi) is 2.31. The lowest BCUT2D eigenvalue weighted by molar-refractivity contribution is 0.0721. The van der Waals surface area contributed by atoms with Crippen LogP contribution in [0.2, 0.25) is 0 Å². The van der Waals surface area contributed by atoms with Gasteiger partial charge in [-0.05, 0) is 13.0 Å². The molecule has 1 aromatic carbocycles. The highest BCUT2D eigenvalue weighted by Gasteiger charge is 2.50. The number of benzene rings is 1. The van der Waals surface area contributed by atoms with Crippen LogP contribution in [-0.2, 0) is 4.74 Å². The maximum absolute atomic E-state index is 12.6. The molecule has 1 aromatic rings. The number of phenols is 2. The normalized spacial score (nSPS) is 23.4. The summed E-state index contributed by atoms with van der Waals surface area (Å²) in [5, 5.41) is 19.4. The molecule has 0 spiro atoms. The lowest BCUT2D eigenvalue weighted by atomic mass is 9.74. The third-order valence-corrected chi connectivity index (χ3v) is 4.19. The highest BCUT2D eigenvalue weighted by atomic mass is 16.5. The summed E-state index contributed by atoms with van der Waals surface area (Å²) >= 11 is 0. The fourth-order valence-corrected chi connectivity index (χ4v) is 2.72. The lowest BCUT2D eigenvalue weighted by Crippen LogP contribution is -2.29. The van der Waals surface area contributed by atoms with Crippen molar-refractivity contribution in [3.63, 3.8) is 0 Å². The van der Waals surface area contributed by atoms with Gasteiger partial charge in [0.05, 0.1) is 11.1 Å². The summed E-state index contributed by atoms with van der Waals surface area (Å²) < 4.78 is 5.54. The van der Waals surface area contributed by atoms with Crippen LogP contribution in [0.4, 0.5) is 0 Å². The summed E-state index contributed by atoms with van der Waals surface area (Å²) in [5.41, 5.74) is -0.359. The van der Waals surface area contributed by atoms with Gasteiger partial charge in [0.15, 0.2) is 11.5 Å². The molecule has 20 heavy (non-hydrogen) atoms. The lowest BCUT2D eigenvalue weighted by Gasteiger charge is -2.25. The first-order chi connectivity index (χ1) is 9.25. The molecule has 0 fully saturated rings. The third kappa shape index (κ3) is 1.37. The summed E-state index contributed by atoms with van der Waals surface area (Å²) in [6.45, 7) is 5.46. The predicted molar refractivity (Wildman–Crippen MR) is 69.8 cm³/mol. The van der Waals surface area contributed by atoms with Crippen molar-refractivity contribution in [3.05, 3.63) is 34.6 Å². The van der Waals surface area contributed by atoms with Gasteiger partial charge in [-0.1, -0.05) is 13.8 Å². The number of hydrogen-bond acceptors (Lipinski definition) is 5. The molecule has 1 aliphatic heterocycles. The quantitative estimate of drug-likeness (QED) is 0.757. The van der Waals surface area contributed by atoms with Crippen LogP contribution >= 0.6 is 0 Å². The number of fused-ring (bicyclic) bond motifs is 1. The standard InChI is InChI=1S/C15H14O5/c1-6-15(2,3)11-12(18)8-4-7(16)5-9(17)10(8)13(19)14(11)20-6/h4-6,16-17H,1-3H3. The smallest absolute Gasteiger partial charge is 0.232 e. The van der Waals surface area contributed by atoms with E-state index in [1.807, 2.05) is 13.8 Å². The van der Waals surface area contributed by atoms with Gasteiger partial charge >= 0.3 is 0 Å². The van der Waals surface area contributed by atoms with Crippen molar-refractivity contribution in [3.8, 4) is 11.5 Å². The molecule has 5 nitrogen and oxygen atoms in total. The second-order valence-corrected chi connectivity index (χ2v) is 5.73. The van der Waals surface area contributed by atoms with Gasteiger partial charge in [-0.25, -0.2) is 0 Å². The molecule has 0 aromatic heterocycles. The van der Waals surface area contributed by atoms with Gasteiger partial charge in [0.25, 0.3) is 0 Å². The minimum Gasteiger partial charge on any atom is -0.508 e. The van der Waals surface area contributed by atoms with Crippen molar-refractivity contribution < 1.29 is 24.5 Å². The fourth-order valence-electron chi connectivity index (χ4n) is 2.72. The van der Waals surface area contributed by atoms with E-state index in [0.717, 1.165) is 6.07 Å². The number of carbonyl (C=O) groups is 2. The molecule has 0 bridgehead atoms. The highest BCUT2D eigenvalue weighted by molar-refractivity contribution is 6.28. The Morgan fingerprint density at radius 2 is 1.80 bits per heavy atom. The molecule has 0 saturated carbocycles. The van der Waals surface area contributed by atoms with Crippen LogP contribution in [0.25, 0.3) is 0 Å². The Hall–Kier alpha value is -2.30. The van der Waals surface area contributed by atoms with Crippen LogP contribution in [0.5, 0.6) is 11.5 Å². The van der Waals surface area contributed by atoms with Crippen molar-refractivity contribution in [2.75, 3.05) is 0 Å². The Morgan fingerprint density at radius 3 is 2.45 bits per heavy atom. The Balaban J connectivity index is 2.30. The second-order valence-electron chi connectivity index (χ2n) is 5.73. The van der Waals surface area contributed by atoms with E-state index >= 15 is 0 Å². The van der Waals surface area contributed by atoms with Gasteiger partial charge in [-0.3, -0.25) is 9.59 Å². The van der Waals surface area contributed by atoms with E-state index < -0.39 is 16.9 Å². The van der Waals surface area contributed by atoms with E-state index in [1.165, 1.54) is 6.07 Å². The topological polar surface area (TPSA) is 83.8 Å². The Bertz CT molecular complexity index is 696. The van der Waals surface area contributed by atoms with Crippen LogP contribution in [0.15, 0.2) is 23.5 Å². The van der Waals surface area contributed by atoms with E-state index in [2.05, 4.69) is 0 Å². The van der Waals surface area contributed by atoms with Crippen LogP contribution in [0.3, 0.4) is 0 Å². The molecule has 0 saturated heterocycles. The van der Waals surface area contributed by atoms with Gasteiger partial charge in [0.2, 0.25) is 5.78 Å². The van der Waals surface area contributed by atoms with E-state index in [9.17, 15) is 19.8 Å². The summed E-state index contributed by atoms with van der Waals surface area (Å²) in [6.07, 6.45) is -0.314. The molecule has 1 heterocycles. The number of rotatable bonds is 0.